The molecule has 1 saturated heterocycles. The standard InChI is InChI=1S/C21H20N2O5S/c1-13-2-6-15(7-3-13)23-19(25)12-17(21(23)28)29-16-8-4-14(5-9-16)22-18(24)10-11-20(26)27/h2-9,17H,10-12H2,1H3,(H,22,24)(H,26,27)/t17-/m0/s1. The third-order valence-corrected chi connectivity index (χ3v) is 5.58. The molecule has 2 aromatic carbocycles. The molecule has 3 amide bonds. The van der Waals surface area contributed by atoms with Gasteiger partial charge in [-0.05, 0) is 43.3 Å². The molecule has 2 N–H and O–H groups in total. The molecular formula is C21H20N2O5S. The number of nitrogens with zero attached hydrogens (tertiary/aromatic N) is 1. The van der Waals surface area contributed by atoms with E-state index < -0.39 is 11.2 Å². The van der Waals surface area contributed by atoms with Crippen molar-refractivity contribution in [2.75, 3.05) is 10.2 Å². The van der Waals surface area contributed by atoms with Gasteiger partial charge in [-0.15, -0.1) is 11.8 Å². The molecule has 0 spiro atoms. The number of benzene rings is 2. The molecular weight excluding hydrogens is 392 g/mol. The Labute approximate surface area is 172 Å². The summed E-state index contributed by atoms with van der Waals surface area (Å²) in [5.41, 5.74) is 2.17. The van der Waals surface area contributed by atoms with Gasteiger partial charge < -0.3 is 10.4 Å². The maximum atomic E-state index is 12.7. The molecule has 0 unspecified atom stereocenters. The number of imide groups is 1. The lowest BCUT2D eigenvalue weighted by Crippen LogP contribution is -2.31. The summed E-state index contributed by atoms with van der Waals surface area (Å²) < 4.78 is 0. The number of thioether (sulfide) groups is 1. The van der Waals surface area contributed by atoms with Crippen LogP contribution in [0.5, 0.6) is 0 Å². The highest BCUT2D eigenvalue weighted by Crippen LogP contribution is 2.34. The lowest BCUT2D eigenvalue weighted by molar-refractivity contribution is -0.138. The summed E-state index contributed by atoms with van der Waals surface area (Å²) in [6, 6.07) is 14.1. The van der Waals surface area contributed by atoms with Crippen molar-refractivity contribution in [2.45, 2.75) is 36.3 Å². The zero-order chi connectivity index (χ0) is 21.0. The summed E-state index contributed by atoms with van der Waals surface area (Å²) in [6.45, 7) is 1.94. The summed E-state index contributed by atoms with van der Waals surface area (Å²) in [5, 5.41) is 10.7. The van der Waals surface area contributed by atoms with Crippen LogP contribution in [0.2, 0.25) is 0 Å². The van der Waals surface area contributed by atoms with Gasteiger partial charge >= 0.3 is 5.97 Å². The van der Waals surface area contributed by atoms with Crippen LogP contribution < -0.4 is 10.2 Å². The fourth-order valence-electron chi connectivity index (χ4n) is 2.89. The largest absolute Gasteiger partial charge is 0.481 e. The summed E-state index contributed by atoms with van der Waals surface area (Å²) >= 11 is 1.30. The number of hydrogen-bond donors (Lipinski definition) is 2. The van der Waals surface area contributed by atoms with Gasteiger partial charge in [0.15, 0.2) is 0 Å². The molecule has 0 aliphatic carbocycles. The SMILES string of the molecule is Cc1ccc(N2C(=O)C[C@H](Sc3ccc(NC(=O)CCC(=O)O)cc3)C2=O)cc1. The van der Waals surface area contributed by atoms with Gasteiger partial charge in [0.05, 0.1) is 17.4 Å². The zero-order valence-electron chi connectivity index (χ0n) is 15.8. The number of carbonyl (C=O) groups excluding carboxylic acids is 3. The third-order valence-electron chi connectivity index (χ3n) is 4.38. The van der Waals surface area contributed by atoms with E-state index in [0.717, 1.165) is 10.5 Å². The molecule has 1 heterocycles. The van der Waals surface area contributed by atoms with Crippen molar-refractivity contribution in [1.82, 2.24) is 0 Å². The topological polar surface area (TPSA) is 104 Å². The van der Waals surface area contributed by atoms with E-state index in [0.29, 0.717) is 11.4 Å². The number of aliphatic carboxylic acids is 1. The second-order valence-corrected chi connectivity index (χ2v) is 7.96. The number of carbonyl (C=O) groups is 4. The molecule has 2 aromatic rings. The van der Waals surface area contributed by atoms with E-state index >= 15 is 0 Å². The van der Waals surface area contributed by atoms with Gasteiger partial charge in [-0.1, -0.05) is 17.7 Å². The summed E-state index contributed by atoms with van der Waals surface area (Å²) in [7, 11) is 0. The molecule has 0 radical (unpaired) electrons. The first-order valence-corrected chi connectivity index (χ1v) is 9.93. The fraction of sp³-hybridized carbons (Fsp3) is 0.238. The van der Waals surface area contributed by atoms with E-state index in [9.17, 15) is 19.2 Å². The Morgan fingerprint density at radius 3 is 2.34 bits per heavy atom. The van der Waals surface area contributed by atoms with Crippen molar-refractivity contribution < 1.29 is 24.3 Å². The molecule has 0 bridgehead atoms. The maximum Gasteiger partial charge on any atom is 0.303 e. The van der Waals surface area contributed by atoms with Gasteiger partial charge in [0.2, 0.25) is 17.7 Å². The summed E-state index contributed by atoms with van der Waals surface area (Å²) in [5.74, 6) is -1.87. The van der Waals surface area contributed by atoms with Gasteiger partial charge in [0.25, 0.3) is 0 Å². The van der Waals surface area contributed by atoms with E-state index in [2.05, 4.69) is 5.32 Å². The van der Waals surface area contributed by atoms with Crippen molar-refractivity contribution in [3.05, 3.63) is 54.1 Å². The first-order chi connectivity index (χ1) is 13.8. The number of hydrogen-bond acceptors (Lipinski definition) is 5. The number of carboxylic acid groups (broad SMARTS) is 1. The average Bonchev–Trinajstić information content (AvgIpc) is 2.96. The average molecular weight is 412 g/mol. The Kier molecular flexibility index (Phi) is 6.33. The van der Waals surface area contributed by atoms with E-state index in [1.54, 1.807) is 36.4 Å². The molecule has 0 saturated carbocycles. The lowest BCUT2D eigenvalue weighted by atomic mass is 10.2. The molecule has 0 aromatic heterocycles. The molecule has 1 fully saturated rings. The van der Waals surface area contributed by atoms with Gasteiger partial charge in [-0.3, -0.25) is 19.2 Å². The number of nitrogens with one attached hydrogen (secondary N) is 1. The first kappa shape index (κ1) is 20.6. The predicted octanol–water partition coefficient (Wildman–Crippen LogP) is 3.22. The van der Waals surface area contributed by atoms with Crippen LogP contribution in [0, 0.1) is 6.92 Å². The number of carboxylic acids is 1. The molecule has 1 atom stereocenters. The van der Waals surface area contributed by atoms with E-state index in [1.165, 1.54) is 16.7 Å². The highest BCUT2D eigenvalue weighted by atomic mass is 32.2. The second kappa shape index (κ2) is 8.91. The molecule has 8 heteroatoms. The van der Waals surface area contributed by atoms with Crippen LogP contribution in [0.25, 0.3) is 0 Å². The number of aryl methyl sites for hydroxylation is 1. The Morgan fingerprint density at radius 1 is 1.07 bits per heavy atom. The smallest absolute Gasteiger partial charge is 0.303 e. The van der Waals surface area contributed by atoms with Crippen LogP contribution in [0.3, 0.4) is 0 Å². The van der Waals surface area contributed by atoms with Gasteiger partial charge in [-0.25, -0.2) is 4.90 Å². The normalized spacial score (nSPS) is 16.2. The molecule has 7 nitrogen and oxygen atoms in total. The molecule has 29 heavy (non-hydrogen) atoms. The van der Waals surface area contributed by atoms with Crippen molar-refractivity contribution in [3.63, 3.8) is 0 Å². The van der Waals surface area contributed by atoms with Crippen LogP contribution in [-0.2, 0) is 19.2 Å². The van der Waals surface area contributed by atoms with Gasteiger partial charge in [-0.2, -0.15) is 0 Å². The minimum Gasteiger partial charge on any atom is -0.481 e. The van der Waals surface area contributed by atoms with Crippen molar-refractivity contribution in [2.24, 2.45) is 0 Å². The van der Waals surface area contributed by atoms with E-state index in [4.69, 9.17) is 5.11 Å². The Balaban J connectivity index is 1.61. The summed E-state index contributed by atoms with van der Waals surface area (Å²) in [4.78, 5) is 49.3. The van der Waals surface area contributed by atoms with Gasteiger partial charge in [0.1, 0.15) is 0 Å². The van der Waals surface area contributed by atoms with Crippen molar-refractivity contribution >= 4 is 46.8 Å². The third kappa shape index (κ3) is 5.23. The Morgan fingerprint density at radius 2 is 1.72 bits per heavy atom. The zero-order valence-corrected chi connectivity index (χ0v) is 16.6. The summed E-state index contributed by atoms with van der Waals surface area (Å²) in [6.07, 6.45) is -0.195. The van der Waals surface area contributed by atoms with Crippen molar-refractivity contribution in [1.29, 1.82) is 0 Å². The molecule has 3 rings (SSSR count). The predicted molar refractivity (Wildman–Crippen MR) is 110 cm³/mol. The quantitative estimate of drug-likeness (QED) is 0.677. The molecule has 1 aliphatic heterocycles. The van der Waals surface area contributed by atoms with Gasteiger partial charge in [0, 0.05) is 23.4 Å². The Bertz CT molecular complexity index is 941. The highest BCUT2D eigenvalue weighted by Gasteiger charge is 2.40. The Hall–Kier alpha value is -3.13. The number of anilines is 2. The van der Waals surface area contributed by atoms with Crippen LogP contribution >= 0.6 is 11.8 Å². The maximum absolute atomic E-state index is 12.7. The van der Waals surface area contributed by atoms with Crippen LogP contribution in [0.4, 0.5) is 11.4 Å². The monoisotopic (exact) mass is 412 g/mol. The van der Waals surface area contributed by atoms with Crippen LogP contribution in [-0.4, -0.2) is 34.0 Å². The fourth-order valence-corrected chi connectivity index (χ4v) is 3.94. The molecule has 150 valence electrons. The lowest BCUT2D eigenvalue weighted by Gasteiger charge is -2.15. The molecule has 1 aliphatic rings. The van der Waals surface area contributed by atoms with Crippen molar-refractivity contribution in [3.8, 4) is 0 Å². The van der Waals surface area contributed by atoms with Crippen LogP contribution in [0.15, 0.2) is 53.4 Å². The van der Waals surface area contributed by atoms with Crippen LogP contribution in [0.1, 0.15) is 24.8 Å². The number of rotatable bonds is 7. The number of amides is 3. The van der Waals surface area contributed by atoms with E-state index in [1.807, 2.05) is 19.1 Å². The highest BCUT2D eigenvalue weighted by molar-refractivity contribution is 8.00. The minimum absolute atomic E-state index is 0.0978. The first-order valence-electron chi connectivity index (χ1n) is 9.05. The second-order valence-electron chi connectivity index (χ2n) is 6.68. The van der Waals surface area contributed by atoms with E-state index in [-0.39, 0.29) is 37.0 Å². The minimum atomic E-state index is -1.03.